The average molecular weight is 221 g/mol. The lowest BCUT2D eigenvalue weighted by Gasteiger charge is -2.11. The monoisotopic (exact) mass is 221 g/mol. The molecule has 1 aromatic carbocycles. The van der Waals surface area contributed by atoms with E-state index in [9.17, 15) is 4.79 Å². The van der Waals surface area contributed by atoms with E-state index in [0.29, 0.717) is 19.4 Å². The lowest BCUT2D eigenvalue weighted by atomic mass is 9.95. The Bertz CT molecular complexity index is 311. The molecule has 0 amide bonds. The van der Waals surface area contributed by atoms with Gasteiger partial charge in [0, 0.05) is 0 Å². The van der Waals surface area contributed by atoms with Gasteiger partial charge >= 0.3 is 5.97 Å². The van der Waals surface area contributed by atoms with Crippen molar-refractivity contribution in [3.05, 3.63) is 35.9 Å². The molecule has 0 radical (unpaired) electrons. The predicted octanol–water partition coefficient (Wildman–Crippen LogP) is 2.06. The first kappa shape index (κ1) is 12.7. The maximum Gasteiger partial charge on any atom is 0.306 e. The van der Waals surface area contributed by atoms with Gasteiger partial charge in [-0.3, -0.25) is 4.79 Å². The Kier molecular flexibility index (Phi) is 5.57. The number of carbonyl (C=O) groups is 1. The van der Waals surface area contributed by atoms with Crippen LogP contribution in [0.2, 0.25) is 0 Å². The predicted molar refractivity (Wildman–Crippen MR) is 64.2 cm³/mol. The third-order valence-electron chi connectivity index (χ3n) is 2.73. The van der Waals surface area contributed by atoms with Crippen molar-refractivity contribution in [1.82, 2.24) is 0 Å². The van der Waals surface area contributed by atoms with Gasteiger partial charge in [0.15, 0.2) is 0 Å². The van der Waals surface area contributed by atoms with E-state index in [2.05, 4.69) is 0 Å². The number of carboxylic acid groups (broad SMARTS) is 1. The molecule has 0 aliphatic heterocycles. The number of carboxylic acids is 1. The van der Waals surface area contributed by atoms with E-state index >= 15 is 0 Å². The molecule has 0 aliphatic rings. The summed E-state index contributed by atoms with van der Waals surface area (Å²) in [6.45, 7) is 0.565. The normalized spacial score (nSPS) is 12.3. The van der Waals surface area contributed by atoms with Gasteiger partial charge in [-0.1, -0.05) is 30.3 Å². The molecule has 3 N–H and O–H groups in total. The molecule has 0 heterocycles. The first-order valence-corrected chi connectivity index (χ1v) is 5.71. The van der Waals surface area contributed by atoms with Crippen LogP contribution in [0.3, 0.4) is 0 Å². The second-order valence-corrected chi connectivity index (χ2v) is 3.99. The van der Waals surface area contributed by atoms with Crippen molar-refractivity contribution < 1.29 is 9.90 Å². The van der Waals surface area contributed by atoms with Crippen LogP contribution in [0, 0.1) is 5.92 Å². The van der Waals surface area contributed by atoms with E-state index in [4.69, 9.17) is 10.8 Å². The summed E-state index contributed by atoms with van der Waals surface area (Å²) in [6.07, 6.45) is 2.98. The summed E-state index contributed by atoms with van der Waals surface area (Å²) in [6, 6.07) is 9.98. The Labute approximate surface area is 96.3 Å². The minimum atomic E-state index is -0.704. The van der Waals surface area contributed by atoms with Crippen molar-refractivity contribution in [1.29, 1.82) is 0 Å². The zero-order valence-electron chi connectivity index (χ0n) is 9.43. The molecule has 1 rings (SSSR count). The van der Waals surface area contributed by atoms with Gasteiger partial charge in [-0.15, -0.1) is 0 Å². The number of rotatable bonds is 7. The highest BCUT2D eigenvalue weighted by Gasteiger charge is 2.16. The minimum absolute atomic E-state index is 0.260. The van der Waals surface area contributed by atoms with E-state index < -0.39 is 5.97 Å². The van der Waals surface area contributed by atoms with Crippen molar-refractivity contribution in [2.75, 3.05) is 6.54 Å². The number of hydrogen-bond acceptors (Lipinski definition) is 2. The SMILES string of the molecule is NCCCC(CCc1ccccc1)C(=O)O. The molecule has 3 heteroatoms. The molecular formula is C13H19NO2. The Hall–Kier alpha value is -1.35. The van der Waals surface area contributed by atoms with Gasteiger partial charge in [0.05, 0.1) is 5.92 Å². The van der Waals surface area contributed by atoms with Crippen molar-refractivity contribution in [2.45, 2.75) is 25.7 Å². The van der Waals surface area contributed by atoms with Crippen LogP contribution in [-0.4, -0.2) is 17.6 Å². The zero-order valence-corrected chi connectivity index (χ0v) is 9.43. The van der Waals surface area contributed by atoms with Crippen LogP contribution in [0.1, 0.15) is 24.8 Å². The fourth-order valence-electron chi connectivity index (χ4n) is 1.74. The van der Waals surface area contributed by atoms with E-state index in [1.54, 1.807) is 0 Å². The number of benzene rings is 1. The molecule has 88 valence electrons. The Balaban J connectivity index is 2.41. The quantitative estimate of drug-likeness (QED) is 0.740. The van der Waals surface area contributed by atoms with E-state index in [1.165, 1.54) is 5.56 Å². The van der Waals surface area contributed by atoms with Crippen LogP contribution in [-0.2, 0) is 11.2 Å². The summed E-state index contributed by atoms with van der Waals surface area (Å²) < 4.78 is 0. The lowest BCUT2D eigenvalue weighted by molar-refractivity contribution is -0.142. The Morgan fingerprint density at radius 1 is 1.25 bits per heavy atom. The van der Waals surface area contributed by atoms with E-state index in [0.717, 1.165) is 12.8 Å². The number of nitrogens with two attached hydrogens (primary N) is 1. The second kappa shape index (κ2) is 7.01. The molecule has 0 saturated carbocycles. The van der Waals surface area contributed by atoms with Gasteiger partial charge < -0.3 is 10.8 Å². The van der Waals surface area contributed by atoms with Gasteiger partial charge in [-0.05, 0) is 37.8 Å². The summed E-state index contributed by atoms with van der Waals surface area (Å²) in [5.41, 5.74) is 6.59. The molecule has 0 spiro atoms. The van der Waals surface area contributed by atoms with Crippen LogP contribution >= 0.6 is 0 Å². The van der Waals surface area contributed by atoms with Crippen LogP contribution in [0.5, 0.6) is 0 Å². The van der Waals surface area contributed by atoms with Crippen LogP contribution in [0.15, 0.2) is 30.3 Å². The van der Waals surface area contributed by atoms with Gasteiger partial charge in [-0.2, -0.15) is 0 Å². The highest BCUT2D eigenvalue weighted by molar-refractivity contribution is 5.69. The molecule has 1 atom stereocenters. The highest BCUT2D eigenvalue weighted by Crippen LogP contribution is 2.15. The highest BCUT2D eigenvalue weighted by atomic mass is 16.4. The second-order valence-electron chi connectivity index (χ2n) is 3.99. The molecule has 16 heavy (non-hydrogen) atoms. The number of hydrogen-bond donors (Lipinski definition) is 2. The third-order valence-corrected chi connectivity index (χ3v) is 2.73. The average Bonchev–Trinajstić information content (AvgIpc) is 2.30. The molecule has 0 bridgehead atoms. The zero-order chi connectivity index (χ0) is 11.8. The smallest absolute Gasteiger partial charge is 0.306 e. The summed E-state index contributed by atoms with van der Waals surface area (Å²) in [5.74, 6) is -0.965. The van der Waals surface area contributed by atoms with Crippen molar-refractivity contribution >= 4 is 5.97 Å². The van der Waals surface area contributed by atoms with Crippen LogP contribution < -0.4 is 5.73 Å². The largest absolute Gasteiger partial charge is 0.481 e. The maximum atomic E-state index is 11.0. The van der Waals surface area contributed by atoms with Crippen molar-refractivity contribution in [3.8, 4) is 0 Å². The molecule has 0 aromatic heterocycles. The van der Waals surface area contributed by atoms with Crippen LogP contribution in [0.4, 0.5) is 0 Å². The molecular weight excluding hydrogens is 202 g/mol. The van der Waals surface area contributed by atoms with Crippen molar-refractivity contribution in [2.24, 2.45) is 11.7 Å². The number of aliphatic carboxylic acids is 1. The fraction of sp³-hybridized carbons (Fsp3) is 0.462. The molecule has 0 saturated heterocycles. The van der Waals surface area contributed by atoms with Gasteiger partial charge in [0.2, 0.25) is 0 Å². The fourth-order valence-corrected chi connectivity index (χ4v) is 1.74. The standard InChI is InChI=1S/C13H19NO2/c14-10-4-7-12(13(15)16)9-8-11-5-2-1-3-6-11/h1-3,5-6,12H,4,7-10,14H2,(H,15,16). The van der Waals surface area contributed by atoms with E-state index in [-0.39, 0.29) is 5.92 Å². The summed E-state index contributed by atoms with van der Waals surface area (Å²) >= 11 is 0. The Morgan fingerprint density at radius 3 is 2.50 bits per heavy atom. The Morgan fingerprint density at radius 2 is 1.94 bits per heavy atom. The van der Waals surface area contributed by atoms with Gasteiger partial charge in [0.25, 0.3) is 0 Å². The first-order chi connectivity index (χ1) is 7.74. The number of aryl methyl sites for hydroxylation is 1. The lowest BCUT2D eigenvalue weighted by Crippen LogP contribution is -2.16. The van der Waals surface area contributed by atoms with E-state index in [1.807, 2.05) is 30.3 Å². The summed E-state index contributed by atoms with van der Waals surface area (Å²) in [7, 11) is 0. The first-order valence-electron chi connectivity index (χ1n) is 5.71. The third kappa shape index (κ3) is 4.45. The molecule has 1 aromatic rings. The van der Waals surface area contributed by atoms with Crippen molar-refractivity contribution in [3.63, 3.8) is 0 Å². The maximum absolute atomic E-state index is 11.0. The molecule has 3 nitrogen and oxygen atoms in total. The summed E-state index contributed by atoms with van der Waals surface area (Å²) in [4.78, 5) is 11.0. The molecule has 1 unspecified atom stereocenters. The molecule has 0 aliphatic carbocycles. The molecule has 0 fully saturated rings. The summed E-state index contributed by atoms with van der Waals surface area (Å²) in [5, 5.41) is 9.04. The van der Waals surface area contributed by atoms with Gasteiger partial charge in [0.1, 0.15) is 0 Å². The topological polar surface area (TPSA) is 63.3 Å². The minimum Gasteiger partial charge on any atom is -0.481 e. The van der Waals surface area contributed by atoms with Gasteiger partial charge in [-0.25, -0.2) is 0 Å². The van der Waals surface area contributed by atoms with Crippen LogP contribution in [0.25, 0.3) is 0 Å².